The van der Waals surface area contributed by atoms with Crippen LogP contribution in [0.2, 0.25) is 5.02 Å². The molecule has 0 saturated heterocycles. The topological polar surface area (TPSA) is 24.9 Å². The molecular formula is C16H18ClFN2. The first-order valence-electron chi connectivity index (χ1n) is 6.69. The van der Waals surface area contributed by atoms with Crippen molar-refractivity contribution in [2.45, 2.75) is 26.3 Å². The van der Waals surface area contributed by atoms with Crippen LogP contribution >= 0.6 is 11.6 Å². The van der Waals surface area contributed by atoms with Crippen molar-refractivity contribution in [2.75, 3.05) is 6.54 Å². The fourth-order valence-electron chi connectivity index (χ4n) is 2.33. The molecule has 1 N–H and O–H groups in total. The Kier molecular flexibility index (Phi) is 5.10. The van der Waals surface area contributed by atoms with Gasteiger partial charge in [-0.25, -0.2) is 4.39 Å². The number of nitrogens with zero attached hydrogens (tertiary/aromatic N) is 1. The van der Waals surface area contributed by atoms with Crippen LogP contribution in [0.25, 0.3) is 0 Å². The van der Waals surface area contributed by atoms with Gasteiger partial charge in [-0.15, -0.1) is 0 Å². The van der Waals surface area contributed by atoms with Gasteiger partial charge in [0.25, 0.3) is 0 Å². The van der Waals surface area contributed by atoms with Gasteiger partial charge >= 0.3 is 0 Å². The quantitative estimate of drug-likeness (QED) is 0.898. The summed E-state index contributed by atoms with van der Waals surface area (Å²) in [7, 11) is 0. The molecule has 1 heterocycles. The maximum atomic E-state index is 13.4. The molecule has 1 atom stereocenters. The van der Waals surface area contributed by atoms with Crippen molar-refractivity contribution in [1.82, 2.24) is 10.3 Å². The van der Waals surface area contributed by atoms with Gasteiger partial charge in [0.05, 0.1) is 0 Å². The number of nitrogens with one attached hydrogen (secondary N) is 1. The van der Waals surface area contributed by atoms with Crippen LogP contribution in [0.3, 0.4) is 0 Å². The zero-order valence-corrected chi connectivity index (χ0v) is 12.4. The maximum absolute atomic E-state index is 13.4. The summed E-state index contributed by atoms with van der Waals surface area (Å²) in [5, 5.41) is 4.02. The summed E-state index contributed by atoms with van der Waals surface area (Å²) in [5.74, 6) is -0.258. The van der Waals surface area contributed by atoms with E-state index in [2.05, 4.69) is 17.2 Å². The van der Waals surface area contributed by atoms with Crippen LogP contribution < -0.4 is 5.32 Å². The lowest BCUT2D eigenvalue weighted by Gasteiger charge is -2.20. The van der Waals surface area contributed by atoms with Gasteiger partial charge in [-0.1, -0.05) is 18.5 Å². The van der Waals surface area contributed by atoms with E-state index < -0.39 is 0 Å². The minimum atomic E-state index is -0.258. The fraction of sp³-hybridized carbons (Fsp3) is 0.312. The van der Waals surface area contributed by atoms with Crippen LogP contribution in [0.4, 0.5) is 4.39 Å². The minimum absolute atomic E-state index is 0.0994. The molecule has 0 saturated carbocycles. The van der Waals surface area contributed by atoms with Crippen molar-refractivity contribution in [3.63, 3.8) is 0 Å². The number of hydrogen-bond donors (Lipinski definition) is 1. The van der Waals surface area contributed by atoms with Gasteiger partial charge in [0.1, 0.15) is 5.82 Å². The molecular weight excluding hydrogens is 275 g/mol. The first-order chi connectivity index (χ1) is 9.61. The summed E-state index contributed by atoms with van der Waals surface area (Å²) in [6, 6.07) is 6.58. The van der Waals surface area contributed by atoms with Crippen LogP contribution in [-0.4, -0.2) is 11.5 Å². The number of likely N-dealkylation sites (N-methyl/N-ethyl adjacent to an activating group) is 1. The van der Waals surface area contributed by atoms with Crippen LogP contribution in [-0.2, 0) is 6.42 Å². The van der Waals surface area contributed by atoms with Gasteiger partial charge < -0.3 is 5.32 Å². The lowest BCUT2D eigenvalue weighted by Crippen LogP contribution is -2.24. The van der Waals surface area contributed by atoms with Gasteiger partial charge in [0, 0.05) is 23.5 Å². The van der Waals surface area contributed by atoms with Gasteiger partial charge in [0.15, 0.2) is 0 Å². The summed E-state index contributed by atoms with van der Waals surface area (Å²) < 4.78 is 13.4. The zero-order valence-electron chi connectivity index (χ0n) is 11.7. The average Bonchev–Trinajstić information content (AvgIpc) is 2.43. The Balaban J connectivity index is 2.30. The molecule has 0 aliphatic carbocycles. The molecule has 0 aliphatic rings. The zero-order chi connectivity index (χ0) is 14.5. The molecule has 2 rings (SSSR count). The molecule has 0 bridgehead atoms. The third kappa shape index (κ3) is 3.56. The molecule has 20 heavy (non-hydrogen) atoms. The summed E-state index contributed by atoms with van der Waals surface area (Å²) in [6.07, 6.45) is 4.27. The second-order valence-corrected chi connectivity index (χ2v) is 5.19. The number of benzene rings is 1. The lowest BCUT2D eigenvalue weighted by molar-refractivity contribution is 0.544. The molecule has 0 spiro atoms. The highest BCUT2D eigenvalue weighted by Gasteiger charge is 2.15. The van der Waals surface area contributed by atoms with E-state index in [-0.39, 0.29) is 11.9 Å². The largest absolute Gasteiger partial charge is 0.310 e. The van der Waals surface area contributed by atoms with E-state index >= 15 is 0 Å². The molecule has 0 radical (unpaired) electrons. The van der Waals surface area contributed by atoms with Crippen molar-refractivity contribution in [2.24, 2.45) is 0 Å². The number of rotatable bonds is 5. The Morgan fingerprint density at radius 3 is 2.85 bits per heavy atom. The standard InChI is InChI=1S/C16H18ClFN2/c1-3-20-16(14-6-7-19-10-11(14)2)9-12-8-13(18)4-5-15(12)17/h4-8,10,16,20H,3,9H2,1-2H3. The lowest BCUT2D eigenvalue weighted by atomic mass is 9.96. The van der Waals surface area contributed by atoms with Crippen molar-refractivity contribution in [3.05, 3.63) is 64.2 Å². The summed E-state index contributed by atoms with van der Waals surface area (Å²) in [5.41, 5.74) is 3.10. The SMILES string of the molecule is CCNC(Cc1cc(F)ccc1Cl)c1ccncc1C. The summed E-state index contributed by atoms with van der Waals surface area (Å²) >= 11 is 6.16. The van der Waals surface area contributed by atoms with E-state index in [1.165, 1.54) is 17.7 Å². The molecule has 0 amide bonds. The first kappa shape index (κ1) is 14.9. The van der Waals surface area contributed by atoms with E-state index in [0.29, 0.717) is 11.4 Å². The van der Waals surface area contributed by atoms with E-state index in [0.717, 1.165) is 17.7 Å². The van der Waals surface area contributed by atoms with E-state index in [4.69, 9.17) is 11.6 Å². The molecule has 4 heteroatoms. The summed E-state index contributed by atoms with van der Waals surface area (Å²) in [6.45, 7) is 4.91. The molecule has 0 fully saturated rings. The van der Waals surface area contributed by atoms with Gasteiger partial charge in [-0.2, -0.15) is 0 Å². The van der Waals surface area contributed by atoms with Gasteiger partial charge in [0.2, 0.25) is 0 Å². The molecule has 1 aromatic carbocycles. The number of aryl methyl sites for hydroxylation is 1. The molecule has 2 nitrogen and oxygen atoms in total. The van der Waals surface area contributed by atoms with E-state index in [1.54, 1.807) is 12.3 Å². The molecule has 2 aromatic rings. The number of halogens is 2. The second kappa shape index (κ2) is 6.82. The van der Waals surface area contributed by atoms with Crippen LogP contribution in [0, 0.1) is 12.7 Å². The highest BCUT2D eigenvalue weighted by Crippen LogP contribution is 2.25. The van der Waals surface area contributed by atoms with E-state index in [9.17, 15) is 4.39 Å². The molecule has 106 valence electrons. The van der Waals surface area contributed by atoms with Gasteiger partial charge in [-0.3, -0.25) is 4.98 Å². The monoisotopic (exact) mass is 292 g/mol. The molecule has 0 aliphatic heterocycles. The minimum Gasteiger partial charge on any atom is -0.310 e. The van der Waals surface area contributed by atoms with E-state index in [1.807, 2.05) is 19.2 Å². The number of pyridine rings is 1. The fourth-order valence-corrected chi connectivity index (χ4v) is 2.53. The summed E-state index contributed by atoms with van der Waals surface area (Å²) in [4.78, 5) is 4.11. The Labute approximate surface area is 124 Å². The second-order valence-electron chi connectivity index (χ2n) is 4.78. The number of aromatic nitrogens is 1. The first-order valence-corrected chi connectivity index (χ1v) is 7.07. The van der Waals surface area contributed by atoms with Crippen molar-refractivity contribution in [3.8, 4) is 0 Å². The highest BCUT2D eigenvalue weighted by molar-refractivity contribution is 6.31. The van der Waals surface area contributed by atoms with Crippen LogP contribution in [0.15, 0.2) is 36.7 Å². The van der Waals surface area contributed by atoms with Gasteiger partial charge in [-0.05, 0) is 60.8 Å². The smallest absolute Gasteiger partial charge is 0.123 e. The average molecular weight is 293 g/mol. The van der Waals surface area contributed by atoms with Crippen molar-refractivity contribution >= 4 is 11.6 Å². The van der Waals surface area contributed by atoms with Crippen molar-refractivity contribution in [1.29, 1.82) is 0 Å². The normalized spacial score (nSPS) is 12.4. The maximum Gasteiger partial charge on any atom is 0.123 e. The predicted octanol–water partition coefficient (Wildman–Crippen LogP) is 4.08. The Bertz CT molecular complexity index is 586. The number of hydrogen-bond acceptors (Lipinski definition) is 2. The highest BCUT2D eigenvalue weighted by atomic mass is 35.5. The van der Waals surface area contributed by atoms with Crippen LogP contribution in [0.1, 0.15) is 29.7 Å². The molecule has 1 aromatic heterocycles. The third-order valence-electron chi connectivity index (χ3n) is 3.32. The Hall–Kier alpha value is -1.45. The Morgan fingerprint density at radius 1 is 1.35 bits per heavy atom. The Morgan fingerprint density at radius 2 is 2.15 bits per heavy atom. The molecule has 1 unspecified atom stereocenters. The van der Waals surface area contributed by atoms with Crippen molar-refractivity contribution < 1.29 is 4.39 Å². The third-order valence-corrected chi connectivity index (χ3v) is 3.69. The van der Waals surface area contributed by atoms with Crippen LogP contribution in [0.5, 0.6) is 0 Å². The predicted molar refractivity (Wildman–Crippen MR) is 80.5 cm³/mol.